The second-order valence-corrected chi connectivity index (χ2v) is 5.70. The molecule has 0 aliphatic rings. The summed E-state index contributed by atoms with van der Waals surface area (Å²) in [5.41, 5.74) is 6.24. The van der Waals surface area contributed by atoms with Gasteiger partial charge in [0.15, 0.2) is 5.69 Å². The van der Waals surface area contributed by atoms with Crippen LogP contribution in [0, 0.1) is 0 Å². The summed E-state index contributed by atoms with van der Waals surface area (Å²) in [5.74, 6) is -1.60. The van der Waals surface area contributed by atoms with Gasteiger partial charge in [0.25, 0.3) is 5.91 Å². The summed E-state index contributed by atoms with van der Waals surface area (Å²) < 4.78 is 0.801. The molecule has 1 aromatic heterocycles. The number of benzene rings is 1. The predicted molar refractivity (Wildman–Crippen MR) is 79.1 cm³/mol. The molecule has 1 heterocycles. The normalized spacial score (nSPS) is 10.2. The third-order valence-corrected chi connectivity index (χ3v) is 3.79. The molecule has 0 spiro atoms. The van der Waals surface area contributed by atoms with E-state index in [1.54, 1.807) is 18.2 Å². The van der Waals surface area contributed by atoms with E-state index in [9.17, 15) is 9.59 Å². The van der Waals surface area contributed by atoms with Gasteiger partial charge in [0.2, 0.25) is 0 Å². The first kappa shape index (κ1) is 14.5. The maximum absolute atomic E-state index is 11.3. The van der Waals surface area contributed by atoms with E-state index < -0.39 is 11.9 Å². The third kappa shape index (κ3) is 3.34. The molecular weight excluding hydrogens is 346 g/mol. The molecule has 0 atom stereocenters. The molecule has 2 aromatic rings. The third-order valence-electron chi connectivity index (χ3n) is 2.45. The van der Waals surface area contributed by atoms with Gasteiger partial charge in [0.05, 0.1) is 12.1 Å². The monoisotopic (exact) mass is 355 g/mol. The van der Waals surface area contributed by atoms with E-state index in [4.69, 9.17) is 10.8 Å². The number of rotatable bonds is 5. The number of anilines is 1. The number of nitrogens with zero attached hydrogens (tertiary/aromatic N) is 1. The number of carboxylic acid groups (broad SMARTS) is 1. The lowest BCUT2D eigenvalue weighted by Gasteiger charge is -2.09. The zero-order chi connectivity index (χ0) is 14.7. The average molecular weight is 356 g/mol. The lowest BCUT2D eigenvalue weighted by atomic mass is 10.1. The molecule has 0 unspecified atom stereocenters. The van der Waals surface area contributed by atoms with Crippen LogP contribution in [0.3, 0.4) is 0 Å². The van der Waals surface area contributed by atoms with Crippen molar-refractivity contribution in [3.8, 4) is 0 Å². The summed E-state index contributed by atoms with van der Waals surface area (Å²) >= 11 is 4.55. The fourth-order valence-corrected chi connectivity index (χ4v) is 2.61. The molecule has 0 radical (unpaired) electrons. The van der Waals surface area contributed by atoms with Crippen LogP contribution in [0.15, 0.2) is 28.1 Å². The van der Waals surface area contributed by atoms with Gasteiger partial charge >= 0.3 is 5.97 Å². The molecule has 0 aliphatic heterocycles. The van der Waals surface area contributed by atoms with Gasteiger partial charge in [-0.15, -0.1) is 11.3 Å². The number of aromatic nitrogens is 1. The summed E-state index contributed by atoms with van der Waals surface area (Å²) in [4.78, 5) is 26.0. The summed E-state index contributed by atoms with van der Waals surface area (Å²) in [5, 5.41) is 13.9. The Labute approximate surface area is 126 Å². The smallest absolute Gasteiger partial charge is 0.355 e. The highest BCUT2D eigenvalue weighted by Crippen LogP contribution is 2.22. The molecule has 20 heavy (non-hydrogen) atoms. The number of hydrogen-bond donors (Lipinski definition) is 3. The second-order valence-electron chi connectivity index (χ2n) is 3.84. The van der Waals surface area contributed by atoms with E-state index in [1.165, 1.54) is 16.7 Å². The van der Waals surface area contributed by atoms with Crippen LogP contribution in [-0.4, -0.2) is 22.0 Å². The lowest BCUT2D eigenvalue weighted by Crippen LogP contribution is -2.14. The molecular formula is C12H10BrN3O3S. The van der Waals surface area contributed by atoms with Crippen molar-refractivity contribution in [3.63, 3.8) is 0 Å². The maximum Gasteiger partial charge on any atom is 0.355 e. The van der Waals surface area contributed by atoms with Crippen LogP contribution in [0.4, 0.5) is 5.69 Å². The van der Waals surface area contributed by atoms with Gasteiger partial charge in [-0.3, -0.25) is 4.79 Å². The van der Waals surface area contributed by atoms with Crippen molar-refractivity contribution >= 4 is 44.8 Å². The predicted octanol–water partition coefficient (Wildman–Crippen LogP) is 2.31. The van der Waals surface area contributed by atoms with Gasteiger partial charge in [0, 0.05) is 15.5 Å². The number of primary amides is 1. The Morgan fingerprint density at radius 1 is 1.45 bits per heavy atom. The molecule has 8 heteroatoms. The number of carbonyl (C=O) groups is 2. The van der Waals surface area contributed by atoms with Gasteiger partial charge < -0.3 is 16.2 Å². The minimum atomic E-state index is -1.06. The van der Waals surface area contributed by atoms with Crippen molar-refractivity contribution in [2.24, 2.45) is 5.73 Å². The minimum absolute atomic E-state index is 0.0103. The molecule has 104 valence electrons. The minimum Gasteiger partial charge on any atom is -0.476 e. The number of aromatic carboxylic acids is 1. The van der Waals surface area contributed by atoms with E-state index >= 15 is 0 Å². The van der Waals surface area contributed by atoms with E-state index in [-0.39, 0.29) is 5.69 Å². The SMILES string of the molecule is NC(=O)c1ccc(Br)cc1NCc1nc(C(=O)O)cs1. The Morgan fingerprint density at radius 3 is 2.80 bits per heavy atom. The largest absolute Gasteiger partial charge is 0.476 e. The van der Waals surface area contributed by atoms with Crippen molar-refractivity contribution in [2.45, 2.75) is 6.54 Å². The topological polar surface area (TPSA) is 105 Å². The van der Waals surface area contributed by atoms with Gasteiger partial charge in [-0.1, -0.05) is 15.9 Å². The molecule has 0 saturated heterocycles. The number of nitrogens with two attached hydrogens (primary N) is 1. The Bertz CT molecular complexity index is 672. The number of nitrogens with one attached hydrogen (secondary N) is 1. The van der Waals surface area contributed by atoms with E-state index in [0.717, 1.165) is 4.47 Å². The van der Waals surface area contributed by atoms with Gasteiger partial charge in [-0.05, 0) is 18.2 Å². The molecule has 6 nitrogen and oxygen atoms in total. The molecule has 0 aliphatic carbocycles. The second kappa shape index (κ2) is 6.02. The molecule has 4 N–H and O–H groups in total. The Morgan fingerprint density at radius 2 is 2.20 bits per heavy atom. The highest BCUT2D eigenvalue weighted by atomic mass is 79.9. The van der Waals surface area contributed by atoms with E-state index in [0.29, 0.717) is 22.8 Å². The van der Waals surface area contributed by atoms with Crippen LogP contribution in [-0.2, 0) is 6.54 Å². The number of halogens is 1. The highest BCUT2D eigenvalue weighted by molar-refractivity contribution is 9.10. The molecule has 1 aromatic carbocycles. The van der Waals surface area contributed by atoms with Crippen LogP contribution in [0.2, 0.25) is 0 Å². The van der Waals surface area contributed by atoms with Gasteiger partial charge in [-0.2, -0.15) is 0 Å². The standard InChI is InChI=1S/C12H10BrN3O3S/c13-6-1-2-7(11(14)17)8(3-6)15-4-10-16-9(5-20-10)12(18)19/h1-3,5,15H,4H2,(H2,14,17)(H,18,19). The zero-order valence-electron chi connectivity index (χ0n) is 10.1. The van der Waals surface area contributed by atoms with E-state index in [1.807, 2.05) is 0 Å². The highest BCUT2D eigenvalue weighted by Gasteiger charge is 2.11. The Balaban J connectivity index is 2.15. The van der Waals surface area contributed by atoms with Crippen LogP contribution in [0.25, 0.3) is 0 Å². The molecule has 0 bridgehead atoms. The molecule has 2 rings (SSSR count). The van der Waals surface area contributed by atoms with Gasteiger partial charge in [0.1, 0.15) is 5.01 Å². The summed E-state index contributed by atoms with van der Waals surface area (Å²) in [7, 11) is 0. The van der Waals surface area contributed by atoms with Crippen molar-refractivity contribution in [1.29, 1.82) is 0 Å². The number of carboxylic acids is 1. The molecule has 1 amide bonds. The molecule has 0 saturated carbocycles. The zero-order valence-corrected chi connectivity index (χ0v) is 12.5. The van der Waals surface area contributed by atoms with Crippen LogP contribution in [0.1, 0.15) is 25.9 Å². The summed E-state index contributed by atoms with van der Waals surface area (Å²) in [6, 6.07) is 5.06. The van der Waals surface area contributed by atoms with Crippen molar-refractivity contribution in [2.75, 3.05) is 5.32 Å². The fraction of sp³-hybridized carbons (Fsp3) is 0.0833. The Kier molecular flexibility index (Phi) is 4.35. The first-order valence-corrected chi connectivity index (χ1v) is 7.15. The fourth-order valence-electron chi connectivity index (χ4n) is 1.54. The number of thiazole rings is 1. The maximum atomic E-state index is 11.3. The number of carbonyl (C=O) groups excluding carboxylic acids is 1. The average Bonchev–Trinajstić information content (AvgIpc) is 2.85. The first-order chi connectivity index (χ1) is 9.47. The van der Waals surface area contributed by atoms with Crippen molar-refractivity contribution < 1.29 is 14.7 Å². The van der Waals surface area contributed by atoms with Crippen LogP contribution in [0.5, 0.6) is 0 Å². The molecule has 0 fully saturated rings. The number of hydrogen-bond acceptors (Lipinski definition) is 5. The lowest BCUT2D eigenvalue weighted by molar-refractivity contribution is 0.0691. The van der Waals surface area contributed by atoms with Gasteiger partial charge in [-0.25, -0.2) is 9.78 Å². The summed E-state index contributed by atoms with van der Waals surface area (Å²) in [6.07, 6.45) is 0. The van der Waals surface area contributed by atoms with Crippen molar-refractivity contribution in [3.05, 3.63) is 44.3 Å². The summed E-state index contributed by atoms with van der Waals surface area (Å²) in [6.45, 7) is 0.314. The van der Waals surface area contributed by atoms with Crippen LogP contribution >= 0.6 is 27.3 Å². The quantitative estimate of drug-likeness (QED) is 0.763. The van der Waals surface area contributed by atoms with Crippen molar-refractivity contribution in [1.82, 2.24) is 4.98 Å². The first-order valence-electron chi connectivity index (χ1n) is 5.48. The van der Waals surface area contributed by atoms with Crippen LogP contribution < -0.4 is 11.1 Å². The number of amides is 1. The Hall–Kier alpha value is -1.93. The van der Waals surface area contributed by atoms with E-state index in [2.05, 4.69) is 26.2 Å².